The number of rotatable bonds is 7. The van der Waals surface area contributed by atoms with E-state index in [1.807, 2.05) is 24.3 Å². The quantitative estimate of drug-likeness (QED) is 0.656. The van der Waals surface area contributed by atoms with E-state index in [-0.39, 0.29) is 18.9 Å². The van der Waals surface area contributed by atoms with Crippen LogP contribution in [0.3, 0.4) is 0 Å². The number of likely N-dealkylation sites (N-methyl/N-ethyl adjacent to an activating group) is 1. The zero-order valence-electron chi connectivity index (χ0n) is 16.4. The third-order valence-corrected chi connectivity index (χ3v) is 3.91. The number of hydrogen-bond acceptors (Lipinski definition) is 5. The first kappa shape index (κ1) is 23.0. The number of benzene rings is 1. The SMILES string of the molecule is CN(C)C(=O)COC(=O)CC(Cc1ccc(Br)cc1)NC(=O)OC(C)(C)C. The average molecular weight is 443 g/mol. The van der Waals surface area contributed by atoms with E-state index in [1.165, 1.54) is 4.90 Å². The van der Waals surface area contributed by atoms with Crippen LogP contribution in [0.2, 0.25) is 0 Å². The van der Waals surface area contributed by atoms with Crippen molar-refractivity contribution >= 4 is 33.9 Å². The van der Waals surface area contributed by atoms with Crippen molar-refractivity contribution in [2.24, 2.45) is 0 Å². The predicted molar refractivity (Wildman–Crippen MR) is 105 cm³/mol. The lowest BCUT2D eigenvalue weighted by atomic mass is 10.0. The molecule has 0 heterocycles. The Bertz CT molecular complexity index is 653. The monoisotopic (exact) mass is 442 g/mol. The number of carbonyl (C=O) groups excluding carboxylic acids is 3. The minimum atomic E-state index is -0.648. The first-order valence-corrected chi connectivity index (χ1v) is 9.35. The topological polar surface area (TPSA) is 84.9 Å². The van der Waals surface area contributed by atoms with Gasteiger partial charge >= 0.3 is 12.1 Å². The second-order valence-electron chi connectivity index (χ2n) is 7.33. The molecule has 1 rings (SSSR count). The first-order chi connectivity index (χ1) is 12.5. The highest BCUT2D eigenvalue weighted by atomic mass is 79.9. The number of carbonyl (C=O) groups is 3. The molecule has 0 aliphatic heterocycles. The van der Waals surface area contributed by atoms with Crippen molar-refractivity contribution < 1.29 is 23.9 Å². The van der Waals surface area contributed by atoms with Crippen LogP contribution in [-0.2, 0) is 25.5 Å². The number of halogens is 1. The molecule has 1 N–H and O–H groups in total. The Kier molecular flexibility index (Phi) is 8.75. The standard InChI is InChI=1S/C19H27BrN2O5/c1-19(2,3)27-18(25)21-15(10-13-6-8-14(20)9-7-13)11-17(24)26-12-16(23)22(4)5/h6-9,15H,10-12H2,1-5H3,(H,21,25). The van der Waals surface area contributed by atoms with Crippen molar-refractivity contribution in [1.29, 1.82) is 0 Å². The largest absolute Gasteiger partial charge is 0.456 e. The van der Waals surface area contributed by atoms with Gasteiger partial charge in [-0.2, -0.15) is 0 Å². The van der Waals surface area contributed by atoms with E-state index in [1.54, 1.807) is 34.9 Å². The van der Waals surface area contributed by atoms with E-state index in [0.717, 1.165) is 10.0 Å². The number of amides is 2. The highest BCUT2D eigenvalue weighted by Gasteiger charge is 2.23. The molecule has 0 bridgehead atoms. The Morgan fingerprint density at radius 1 is 1.15 bits per heavy atom. The molecule has 8 heteroatoms. The van der Waals surface area contributed by atoms with Crippen LogP contribution in [0.4, 0.5) is 4.79 Å². The molecule has 7 nitrogen and oxygen atoms in total. The first-order valence-electron chi connectivity index (χ1n) is 8.56. The number of nitrogens with one attached hydrogen (secondary N) is 1. The van der Waals surface area contributed by atoms with Crippen LogP contribution < -0.4 is 5.32 Å². The second kappa shape index (κ2) is 10.3. The fourth-order valence-corrected chi connectivity index (χ4v) is 2.35. The molecule has 1 aromatic rings. The molecule has 150 valence electrons. The van der Waals surface area contributed by atoms with Gasteiger partial charge in [-0.3, -0.25) is 9.59 Å². The van der Waals surface area contributed by atoms with Gasteiger partial charge in [0.1, 0.15) is 5.60 Å². The fraction of sp³-hybridized carbons (Fsp3) is 0.526. The molecule has 2 amide bonds. The van der Waals surface area contributed by atoms with Crippen molar-refractivity contribution in [3.05, 3.63) is 34.3 Å². The highest BCUT2D eigenvalue weighted by Crippen LogP contribution is 2.14. The summed E-state index contributed by atoms with van der Waals surface area (Å²) in [5.74, 6) is -0.878. The van der Waals surface area contributed by atoms with Gasteiger partial charge in [0.25, 0.3) is 5.91 Å². The van der Waals surface area contributed by atoms with Crippen molar-refractivity contribution in [3.63, 3.8) is 0 Å². The molecule has 1 unspecified atom stereocenters. The van der Waals surface area contributed by atoms with Crippen LogP contribution in [0.5, 0.6) is 0 Å². The summed E-state index contributed by atoms with van der Waals surface area (Å²) in [6.07, 6.45) is -0.263. The third kappa shape index (κ3) is 9.98. The van der Waals surface area contributed by atoms with Gasteiger partial charge in [-0.05, 0) is 44.9 Å². The lowest BCUT2D eigenvalue weighted by Crippen LogP contribution is -2.41. The van der Waals surface area contributed by atoms with E-state index >= 15 is 0 Å². The summed E-state index contributed by atoms with van der Waals surface area (Å²) in [6, 6.07) is 7.04. The van der Waals surface area contributed by atoms with Gasteiger partial charge < -0.3 is 19.7 Å². The average Bonchev–Trinajstić information content (AvgIpc) is 2.52. The number of ether oxygens (including phenoxy) is 2. The van der Waals surface area contributed by atoms with Crippen LogP contribution in [0.15, 0.2) is 28.7 Å². The summed E-state index contributed by atoms with van der Waals surface area (Å²) >= 11 is 3.37. The summed E-state index contributed by atoms with van der Waals surface area (Å²) in [4.78, 5) is 37.1. The Hall–Kier alpha value is -2.09. The van der Waals surface area contributed by atoms with Crippen LogP contribution in [0.25, 0.3) is 0 Å². The van der Waals surface area contributed by atoms with Gasteiger partial charge in [-0.1, -0.05) is 28.1 Å². The molecule has 27 heavy (non-hydrogen) atoms. The molecule has 0 aliphatic rings. The van der Waals surface area contributed by atoms with E-state index in [4.69, 9.17) is 9.47 Å². The summed E-state index contributed by atoms with van der Waals surface area (Å²) in [6.45, 7) is 4.95. The lowest BCUT2D eigenvalue weighted by Gasteiger charge is -2.23. The normalized spacial score (nSPS) is 12.1. The molecule has 0 saturated heterocycles. The fourth-order valence-electron chi connectivity index (χ4n) is 2.08. The van der Waals surface area contributed by atoms with Crippen LogP contribution in [-0.4, -0.2) is 55.2 Å². The van der Waals surface area contributed by atoms with Crippen molar-refractivity contribution in [3.8, 4) is 0 Å². The molecule has 1 atom stereocenters. The molecule has 0 spiro atoms. The number of hydrogen-bond donors (Lipinski definition) is 1. The summed E-state index contributed by atoms with van der Waals surface area (Å²) in [5.41, 5.74) is 0.293. The molecule has 0 aliphatic carbocycles. The van der Waals surface area contributed by atoms with Gasteiger partial charge in [0.2, 0.25) is 0 Å². The molecule has 0 radical (unpaired) electrons. The Morgan fingerprint density at radius 2 is 1.74 bits per heavy atom. The zero-order chi connectivity index (χ0) is 20.6. The highest BCUT2D eigenvalue weighted by molar-refractivity contribution is 9.10. The van der Waals surface area contributed by atoms with E-state index < -0.39 is 23.7 Å². The molecular formula is C19H27BrN2O5. The Balaban J connectivity index is 2.74. The smallest absolute Gasteiger partial charge is 0.407 e. The maximum absolute atomic E-state index is 12.1. The van der Waals surface area contributed by atoms with Crippen molar-refractivity contribution in [1.82, 2.24) is 10.2 Å². The molecule has 1 aromatic carbocycles. The molecule has 0 saturated carbocycles. The number of nitrogens with zero attached hydrogens (tertiary/aromatic N) is 1. The maximum Gasteiger partial charge on any atom is 0.407 e. The van der Waals surface area contributed by atoms with Gasteiger partial charge in [0.05, 0.1) is 6.42 Å². The summed E-state index contributed by atoms with van der Waals surface area (Å²) in [7, 11) is 3.16. The number of esters is 1. The van der Waals surface area contributed by atoms with Crippen LogP contribution >= 0.6 is 15.9 Å². The van der Waals surface area contributed by atoms with Gasteiger partial charge in [0, 0.05) is 24.6 Å². The second-order valence-corrected chi connectivity index (χ2v) is 8.24. The van der Waals surface area contributed by atoms with Gasteiger partial charge in [0.15, 0.2) is 6.61 Å². The molecule has 0 fully saturated rings. The van der Waals surface area contributed by atoms with Crippen LogP contribution in [0, 0.1) is 0 Å². The van der Waals surface area contributed by atoms with E-state index in [0.29, 0.717) is 6.42 Å². The lowest BCUT2D eigenvalue weighted by molar-refractivity contribution is -0.151. The van der Waals surface area contributed by atoms with Crippen molar-refractivity contribution in [2.45, 2.75) is 45.3 Å². The van der Waals surface area contributed by atoms with Gasteiger partial charge in [-0.15, -0.1) is 0 Å². The van der Waals surface area contributed by atoms with Crippen molar-refractivity contribution in [2.75, 3.05) is 20.7 Å². The minimum absolute atomic E-state index is 0.0734. The molecular weight excluding hydrogens is 416 g/mol. The van der Waals surface area contributed by atoms with Crippen LogP contribution in [0.1, 0.15) is 32.8 Å². The predicted octanol–water partition coefficient (Wildman–Crippen LogP) is 2.91. The Labute approximate surface area is 168 Å². The Morgan fingerprint density at radius 3 is 2.26 bits per heavy atom. The zero-order valence-corrected chi connectivity index (χ0v) is 18.0. The number of alkyl carbamates (subject to hydrolysis) is 1. The summed E-state index contributed by atoms with van der Waals surface area (Å²) in [5, 5.41) is 2.71. The maximum atomic E-state index is 12.1. The third-order valence-electron chi connectivity index (χ3n) is 3.38. The summed E-state index contributed by atoms with van der Waals surface area (Å²) < 4.78 is 11.2. The van der Waals surface area contributed by atoms with E-state index in [2.05, 4.69) is 21.2 Å². The minimum Gasteiger partial charge on any atom is -0.456 e. The molecule has 0 aromatic heterocycles. The van der Waals surface area contributed by atoms with Gasteiger partial charge in [-0.25, -0.2) is 4.79 Å². The van der Waals surface area contributed by atoms with E-state index in [9.17, 15) is 14.4 Å².